The lowest BCUT2D eigenvalue weighted by Crippen LogP contribution is -2.42. The number of anilines is 1. The van der Waals surface area contributed by atoms with Crippen LogP contribution in [0.3, 0.4) is 0 Å². The molecule has 6 rings (SSSR count). The second-order valence-corrected chi connectivity index (χ2v) is 10.4. The maximum atomic E-state index is 14.7. The third-order valence-electron chi connectivity index (χ3n) is 7.90. The molecule has 4 aromatic rings. The van der Waals surface area contributed by atoms with Gasteiger partial charge in [0.15, 0.2) is 5.65 Å². The molecule has 1 saturated carbocycles. The van der Waals surface area contributed by atoms with Crippen LogP contribution in [-0.4, -0.2) is 33.7 Å². The van der Waals surface area contributed by atoms with Gasteiger partial charge in [0.05, 0.1) is 11.3 Å². The SMILES string of the molecule is N#Cc1ccc(-c2nc3c(N4CCC[C@@H](N)C4)ccnc3n2-c2ccc(C3CCCCC3)cc2)cc1F. The van der Waals surface area contributed by atoms with E-state index in [9.17, 15) is 9.65 Å². The summed E-state index contributed by atoms with van der Waals surface area (Å²) in [5.41, 5.74) is 11.7. The Morgan fingerprint density at radius 2 is 1.78 bits per heavy atom. The third-order valence-corrected chi connectivity index (χ3v) is 7.90. The first-order chi connectivity index (χ1) is 18.1. The molecule has 1 aliphatic carbocycles. The monoisotopic (exact) mass is 494 g/mol. The summed E-state index contributed by atoms with van der Waals surface area (Å²) >= 11 is 0. The summed E-state index contributed by atoms with van der Waals surface area (Å²) in [5, 5.41) is 9.23. The van der Waals surface area contributed by atoms with Crippen molar-refractivity contribution < 1.29 is 4.39 Å². The first-order valence-corrected chi connectivity index (χ1v) is 13.3. The molecular formula is C30H31FN6. The Kier molecular flexibility index (Phi) is 6.35. The summed E-state index contributed by atoms with van der Waals surface area (Å²) in [6, 6.07) is 17.4. The summed E-state index contributed by atoms with van der Waals surface area (Å²) in [7, 11) is 0. The molecule has 0 bridgehead atoms. The fraction of sp³-hybridized carbons (Fsp3) is 0.367. The molecule has 0 amide bonds. The maximum absolute atomic E-state index is 14.7. The van der Waals surface area contributed by atoms with Gasteiger partial charge in [-0.25, -0.2) is 14.4 Å². The van der Waals surface area contributed by atoms with Crippen LogP contribution in [0.4, 0.5) is 10.1 Å². The number of fused-ring (bicyclic) bond motifs is 1. The van der Waals surface area contributed by atoms with Crippen LogP contribution >= 0.6 is 0 Å². The number of nitriles is 1. The van der Waals surface area contributed by atoms with E-state index in [1.54, 1.807) is 6.07 Å². The standard InChI is InChI=1S/C30H31FN6/c31-26-17-22(8-9-23(26)18-32)29-35-28-27(36-16-4-7-24(33)19-36)14-15-34-30(28)37(29)25-12-10-21(11-13-25)20-5-2-1-3-6-20/h8-15,17,20,24H,1-7,16,19,33H2/t24-/m1/s1. The highest BCUT2D eigenvalue weighted by atomic mass is 19.1. The van der Waals surface area contributed by atoms with Gasteiger partial charge in [-0.2, -0.15) is 5.26 Å². The summed E-state index contributed by atoms with van der Waals surface area (Å²) in [6.45, 7) is 1.68. The van der Waals surface area contributed by atoms with Crippen LogP contribution in [0.5, 0.6) is 0 Å². The largest absolute Gasteiger partial charge is 0.368 e. The minimum Gasteiger partial charge on any atom is -0.368 e. The number of rotatable bonds is 4. The van der Waals surface area contributed by atoms with Crippen molar-refractivity contribution in [3.8, 4) is 23.1 Å². The fourth-order valence-electron chi connectivity index (χ4n) is 5.96. The molecular weight excluding hydrogens is 463 g/mol. The van der Waals surface area contributed by atoms with Crippen LogP contribution in [0.15, 0.2) is 54.7 Å². The summed E-state index contributed by atoms with van der Waals surface area (Å²) < 4.78 is 16.7. The van der Waals surface area contributed by atoms with E-state index in [1.807, 2.05) is 22.9 Å². The predicted molar refractivity (Wildman–Crippen MR) is 144 cm³/mol. The van der Waals surface area contributed by atoms with E-state index in [4.69, 9.17) is 15.7 Å². The first kappa shape index (κ1) is 23.6. The van der Waals surface area contributed by atoms with Crippen LogP contribution in [0.25, 0.3) is 28.2 Å². The molecule has 1 atom stereocenters. The lowest BCUT2D eigenvalue weighted by Gasteiger charge is -2.32. The number of halogens is 1. The van der Waals surface area contributed by atoms with Gasteiger partial charge >= 0.3 is 0 Å². The molecule has 3 heterocycles. The summed E-state index contributed by atoms with van der Waals surface area (Å²) in [5.74, 6) is 0.661. The van der Waals surface area contributed by atoms with E-state index in [1.165, 1.54) is 49.8 Å². The van der Waals surface area contributed by atoms with Crippen molar-refractivity contribution in [3.63, 3.8) is 0 Å². The van der Waals surface area contributed by atoms with Gasteiger partial charge in [-0.05, 0) is 73.6 Å². The Morgan fingerprint density at radius 1 is 0.973 bits per heavy atom. The average molecular weight is 495 g/mol. The van der Waals surface area contributed by atoms with Crippen molar-refractivity contribution >= 4 is 16.9 Å². The smallest absolute Gasteiger partial charge is 0.167 e. The number of nitrogens with two attached hydrogens (primary N) is 1. The second kappa shape index (κ2) is 9.95. The fourth-order valence-corrected chi connectivity index (χ4v) is 5.96. The molecule has 7 heteroatoms. The van der Waals surface area contributed by atoms with Gasteiger partial charge in [0, 0.05) is 36.6 Å². The molecule has 6 nitrogen and oxygen atoms in total. The molecule has 1 saturated heterocycles. The van der Waals surface area contributed by atoms with Gasteiger partial charge in [-0.1, -0.05) is 31.4 Å². The summed E-state index contributed by atoms with van der Waals surface area (Å²) in [6.07, 6.45) is 10.3. The second-order valence-electron chi connectivity index (χ2n) is 10.4. The lowest BCUT2D eigenvalue weighted by atomic mass is 9.84. The minimum absolute atomic E-state index is 0.0179. The topological polar surface area (TPSA) is 83.8 Å². The number of piperidine rings is 1. The van der Waals surface area contributed by atoms with Gasteiger partial charge in [-0.3, -0.25) is 4.57 Å². The van der Waals surface area contributed by atoms with Gasteiger partial charge in [-0.15, -0.1) is 0 Å². The maximum Gasteiger partial charge on any atom is 0.167 e. The number of imidazole rings is 1. The normalized spacial score (nSPS) is 18.7. The van der Waals surface area contributed by atoms with Crippen molar-refractivity contribution in [3.05, 3.63) is 71.7 Å². The van der Waals surface area contributed by atoms with Crippen LogP contribution in [0, 0.1) is 17.1 Å². The van der Waals surface area contributed by atoms with E-state index in [2.05, 4.69) is 29.2 Å². The Morgan fingerprint density at radius 3 is 2.51 bits per heavy atom. The van der Waals surface area contributed by atoms with Crippen LogP contribution < -0.4 is 10.6 Å². The molecule has 2 N–H and O–H groups in total. The third kappa shape index (κ3) is 4.47. The van der Waals surface area contributed by atoms with Crippen molar-refractivity contribution in [2.45, 2.75) is 56.9 Å². The van der Waals surface area contributed by atoms with Gasteiger partial charge < -0.3 is 10.6 Å². The van der Waals surface area contributed by atoms with Crippen molar-refractivity contribution in [1.82, 2.24) is 14.5 Å². The number of hydrogen-bond acceptors (Lipinski definition) is 5. The minimum atomic E-state index is -0.554. The van der Waals surface area contributed by atoms with E-state index in [0.717, 1.165) is 48.5 Å². The molecule has 37 heavy (non-hydrogen) atoms. The molecule has 0 spiro atoms. The molecule has 2 aliphatic rings. The Bertz CT molecular complexity index is 1460. The molecule has 2 aromatic carbocycles. The highest BCUT2D eigenvalue weighted by molar-refractivity contribution is 5.90. The molecule has 0 radical (unpaired) electrons. The van der Waals surface area contributed by atoms with Crippen LogP contribution in [0.2, 0.25) is 0 Å². The molecule has 1 aliphatic heterocycles. The molecule has 2 fully saturated rings. The average Bonchev–Trinajstić information content (AvgIpc) is 3.33. The lowest BCUT2D eigenvalue weighted by molar-refractivity contribution is 0.443. The van der Waals surface area contributed by atoms with Crippen LogP contribution in [0.1, 0.15) is 62.0 Å². The zero-order chi connectivity index (χ0) is 25.4. The van der Waals surface area contributed by atoms with Crippen LogP contribution in [-0.2, 0) is 0 Å². The number of aromatic nitrogens is 3. The van der Waals surface area contributed by atoms with Crippen molar-refractivity contribution in [2.75, 3.05) is 18.0 Å². The Labute approximate surface area is 216 Å². The van der Waals surface area contributed by atoms with E-state index < -0.39 is 5.82 Å². The number of hydrogen-bond donors (Lipinski definition) is 1. The van der Waals surface area contributed by atoms with Crippen molar-refractivity contribution in [1.29, 1.82) is 5.26 Å². The zero-order valence-electron chi connectivity index (χ0n) is 20.9. The molecule has 2 aromatic heterocycles. The van der Waals surface area contributed by atoms with Crippen molar-refractivity contribution in [2.24, 2.45) is 5.73 Å². The van der Waals surface area contributed by atoms with E-state index >= 15 is 0 Å². The predicted octanol–water partition coefficient (Wildman–Crippen LogP) is 6.07. The number of benzene rings is 2. The molecule has 188 valence electrons. The van der Waals surface area contributed by atoms with Gasteiger partial charge in [0.2, 0.25) is 0 Å². The van der Waals surface area contributed by atoms with Gasteiger partial charge in [0.25, 0.3) is 0 Å². The van der Waals surface area contributed by atoms with E-state index in [-0.39, 0.29) is 11.6 Å². The quantitative estimate of drug-likeness (QED) is 0.372. The van der Waals surface area contributed by atoms with Gasteiger partial charge in [0.1, 0.15) is 23.2 Å². The highest BCUT2D eigenvalue weighted by Crippen LogP contribution is 2.36. The Hall–Kier alpha value is -3.76. The molecule has 0 unspecified atom stereocenters. The number of nitrogens with zero attached hydrogens (tertiary/aromatic N) is 5. The van der Waals surface area contributed by atoms with E-state index in [0.29, 0.717) is 17.3 Å². The highest BCUT2D eigenvalue weighted by Gasteiger charge is 2.24. The zero-order valence-corrected chi connectivity index (χ0v) is 20.9. The number of pyridine rings is 1. The first-order valence-electron chi connectivity index (χ1n) is 13.3. The Balaban J connectivity index is 1.50. The summed E-state index contributed by atoms with van der Waals surface area (Å²) in [4.78, 5) is 12.1.